The zero-order valence-electron chi connectivity index (χ0n) is 10.6. The second-order valence-corrected chi connectivity index (χ2v) is 4.32. The first-order valence-corrected chi connectivity index (χ1v) is 6.48. The number of hydrogen-bond donors (Lipinski definition) is 1. The summed E-state index contributed by atoms with van der Waals surface area (Å²) in [5.41, 5.74) is 2.15. The van der Waals surface area contributed by atoms with Gasteiger partial charge in [0.25, 0.3) is 0 Å². The number of para-hydroxylation sites is 2. The number of rotatable bonds is 5. The number of nitrogens with zero attached hydrogens (tertiary/aromatic N) is 1. The van der Waals surface area contributed by atoms with Crippen LogP contribution in [0.2, 0.25) is 5.02 Å². The Bertz CT molecular complexity index is 506. The first-order valence-electron chi connectivity index (χ1n) is 6.10. The van der Waals surface area contributed by atoms with Gasteiger partial charge >= 0.3 is 0 Å². The highest BCUT2D eigenvalue weighted by atomic mass is 35.5. The molecule has 96 valence electrons. The Labute approximate surface area is 112 Å². The van der Waals surface area contributed by atoms with Crippen molar-refractivity contribution in [1.82, 2.24) is 0 Å². The first kappa shape index (κ1) is 12.8. The normalized spacial score (nSPS) is 10.4. The second-order valence-electron chi connectivity index (χ2n) is 3.91. The molecule has 1 aromatic heterocycles. The van der Waals surface area contributed by atoms with E-state index < -0.39 is 0 Å². The molecule has 2 aromatic rings. The van der Waals surface area contributed by atoms with Gasteiger partial charge in [-0.1, -0.05) is 23.7 Å². The molecule has 18 heavy (non-hydrogen) atoms. The van der Waals surface area contributed by atoms with Crippen molar-refractivity contribution in [3.63, 3.8) is 0 Å². The first-order chi connectivity index (χ1) is 8.76. The molecule has 0 saturated carbocycles. The van der Waals surface area contributed by atoms with E-state index in [1.165, 1.54) is 0 Å². The van der Waals surface area contributed by atoms with Gasteiger partial charge in [-0.25, -0.2) is 0 Å². The Morgan fingerprint density at radius 1 is 1.17 bits per heavy atom. The monoisotopic (exact) mass is 264 g/mol. The van der Waals surface area contributed by atoms with Gasteiger partial charge in [-0.2, -0.15) is 0 Å². The van der Waals surface area contributed by atoms with E-state index >= 15 is 0 Å². The quantitative estimate of drug-likeness (QED) is 0.860. The van der Waals surface area contributed by atoms with Crippen LogP contribution in [-0.4, -0.2) is 13.1 Å². The summed E-state index contributed by atoms with van der Waals surface area (Å²) in [6.07, 6.45) is 1.57. The van der Waals surface area contributed by atoms with Crippen molar-refractivity contribution in [1.29, 1.82) is 0 Å². The maximum atomic E-state index is 6.02. The minimum atomic E-state index is 0.580. The molecular formula is C14H17ClN2O. The number of furan rings is 1. The molecule has 1 N–H and O–H groups in total. The van der Waals surface area contributed by atoms with E-state index in [0.29, 0.717) is 10.9 Å². The fourth-order valence-electron chi connectivity index (χ4n) is 1.92. The number of hydrogen-bond acceptors (Lipinski definition) is 3. The summed E-state index contributed by atoms with van der Waals surface area (Å²) >= 11 is 6.02. The Morgan fingerprint density at radius 2 is 1.89 bits per heavy atom. The largest absolute Gasteiger partial charge is 0.447 e. The van der Waals surface area contributed by atoms with Crippen molar-refractivity contribution < 1.29 is 4.42 Å². The lowest BCUT2D eigenvalue weighted by Crippen LogP contribution is -2.22. The molecule has 0 aliphatic carbocycles. The average Bonchev–Trinajstić information content (AvgIpc) is 2.79. The molecule has 2 rings (SSSR count). The van der Waals surface area contributed by atoms with Gasteiger partial charge in [0, 0.05) is 13.1 Å². The van der Waals surface area contributed by atoms with E-state index in [9.17, 15) is 0 Å². The van der Waals surface area contributed by atoms with Gasteiger partial charge in [-0.05, 0) is 32.0 Å². The summed E-state index contributed by atoms with van der Waals surface area (Å²) in [6.45, 7) is 6.20. The topological polar surface area (TPSA) is 28.4 Å². The van der Waals surface area contributed by atoms with Crippen LogP contribution in [-0.2, 0) is 0 Å². The molecule has 1 heterocycles. The number of anilines is 3. The third-order valence-electron chi connectivity index (χ3n) is 2.87. The molecule has 4 heteroatoms. The fourth-order valence-corrected chi connectivity index (χ4v) is 2.07. The van der Waals surface area contributed by atoms with E-state index in [1.54, 1.807) is 12.3 Å². The van der Waals surface area contributed by atoms with Gasteiger partial charge in [0.2, 0.25) is 5.88 Å². The lowest BCUT2D eigenvalue weighted by molar-refractivity contribution is 0.585. The van der Waals surface area contributed by atoms with Crippen molar-refractivity contribution in [3.8, 4) is 0 Å². The van der Waals surface area contributed by atoms with Gasteiger partial charge < -0.3 is 14.6 Å². The Kier molecular flexibility index (Phi) is 4.15. The summed E-state index contributed by atoms with van der Waals surface area (Å²) in [4.78, 5) is 2.28. The molecule has 0 radical (unpaired) electrons. The Balaban J connectivity index is 2.30. The van der Waals surface area contributed by atoms with Gasteiger partial charge in [-0.15, -0.1) is 0 Å². The lowest BCUT2D eigenvalue weighted by atomic mass is 10.2. The van der Waals surface area contributed by atoms with E-state index in [4.69, 9.17) is 16.0 Å². The molecule has 0 aliphatic rings. The molecule has 0 aliphatic heterocycles. The molecule has 0 amide bonds. The molecule has 0 fully saturated rings. The highest BCUT2D eigenvalue weighted by Crippen LogP contribution is 2.32. The van der Waals surface area contributed by atoms with Crippen molar-refractivity contribution in [2.75, 3.05) is 23.3 Å². The van der Waals surface area contributed by atoms with Crippen LogP contribution < -0.4 is 10.2 Å². The standard InChI is InChI=1S/C14H17ClN2O/c1-3-17(4-2)13-8-6-5-7-12(13)16-14-11(15)9-10-18-14/h5-10,16H,3-4H2,1-2H3. The summed E-state index contributed by atoms with van der Waals surface area (Å²) in [5, 5.41) is 3.82. The molecule has 0 spiro atoms. The second kappa shape index (κ2) is 5.83. The summed E-state index contributed by atoms with van der Waals surface area (Å²) < 4.78 is 5.31. The van der Waals surface area contributed by atoms with Crippen LogP contribution in [0.25, 0.3) is 0 Å². The maximum absolute atomic E-state index is 6.02. The fraction of sp³-hybridized carbons (Fsp3) is 0.286. The van der Waals surface area contributed by atoms with E-state index in [2.05, 4.69) is 30.1 Å². The van der Waals surface area contributed by atoms with Crippen LogP contribution in [0.4, 0.5) is 17.3 Å². The third kappa shape index (κ3) is 2.62. The van der Waals surface area contributed by atoms with E-state index in [0.717, 1.165) is 24.5 Å². The average molecular weight is 265 g/mol. The maximum Gasteiger partial charge on any atom is 0.215 e. The summed E-state index contributed by atoms with van der Waals surface area (Å²) in [6, 6.07) is 9.86. The van der Waals surface area contributed by atoms with Gasteiger partial charge in [-0.3, -0.25) is 0 Å². The molecule has 1 aromatic carbocycles. The number of benzene rings is 1. The summed E-state index contributed by atoms with van der Waals surface area (Å²) in [5.74, 6) is 0.580. The van der Waals surface area contributed by atoms with Crippen molar-refractivity contribution in [2.45, 2.75) is 13.8 Å². The third-order valence-corrected chi connectivity index (χ3v) is 3.17. The van der Waals surface area contributed by atoms with Crippen molar-refractivity contribution in [2.24, 2.45) is 0 Å². The zero-order valence-corrected chi connectivity index (χ0v) is 11.4. The summed E-state index contributed by atoms with van der Waals surface area (Å²) in [7, 11) is 0. The number of nitrogens with one attached hydrogen (secondary N) is 1. The Morgan fingerprint density at radius 3 is 2.50 bits per heavy atom. The van der Waals surface area contributed by atoms with Crippen molar-refractivity contribution in [3.05, 3.63) is 41.6 Å². The van der Waals surface area contributed by atoms with Crippen LogP contribution in [0.5, 0.6) is 0 Å². The SMILES string of the molecule is CCN(CC)c1ccccc1Nc1occc1Cl. The lowest BCUT2D eigenvalue weighted by Gasteiger charge is -2.24. The van der Waals surface area contributed by atoms with E-state index in [1.807, 2.05) is 18.2 Å². The molecule has 0 atom stereocenters. The van der Waals surface area contributed by atoms with Crippen LogP contribution in [0.1, 0.15) is 13.8 Å². The Hall–Kier alpha value is -1.61. The smallest absolute Gasteiger partial charge is 0.215 e. The van der Waals surface area contributed by atoms with Crippen molar-refractivity contribution >= 4 is 28.9 Å². The highest BCUT2D eigenvalue weighted by Gasteiger charge is 2.10. The molecule has 0 bridgehead atoms. The predicted molar refractivity (Wildman–Crippen MR) is 77.0 cm³/mol. The molecular weight excluding hydrogens is 248 g/mol. The van der Waals surface area contributed by atoms with Crippen LogP contribution in [0, 0.1) is 0 Å². The molecule has 0 unspecified atom stereocenters. The van der Waals surface area contributed by atoms with E-state index in [-0.39, 0.29) is 0 Å². The molecule has 3 nitrogen and oxygen atoms in total. The minimum absolute atomic E-state index is 0.580. The van der Waals surface area contributed by atoms with Crippen LogP contribution >= 0.6 is 11.6 Å². The van der Waals surface area contributed by atoms with Crippen LogP contribution in [0.3, 0.4) is 0 Å². The predicted octanol–water partition coefficient (Wildman–Crippen LogP) is 4.52. The minimum Gasteiger partial charge on any atom is -0.447 e. The number of halogens is 1. The van der Waals surface area contributed by atoms with Gasteiger partial charge in [0.15, 0.2) is 0 Å². The molecule has 0 saturated heterocycles. The van der Waals surface area contributed by atoms with Crippen LogP contribution in [0.15, 0.2) is 41.0 Å². The zero-order chi connectivity index (χ0) is 13.0. The van der Waals surface area contributed by atoms with Gasteiger partial charge in [0.05, 0.1) is 17.6 Å². The van der Waals surface area contributed by atoms with Gasteiger partial charge in [0.1, 0.15) is 5.02 Å². The highest BCUT2D eigenvalue weighted by molar-refractivity contribution is 6.32.